The summed E-state index contributed by atoms with van der Waals surface area (Å²) in [6.45, 7) is 22.0. The van der Waals surface area contributed by atoms with Crippen LogP contribution < -0.4 is 0 Å². The van der Waals surface area contributed by atoms with Gasteiger partial charge in [0.25, 0.3) is 0 Å². The van der Waals surface area contributed by atoms with Gasteiger partial charge >= 0.3 is 35.3 Å². The third-order valence-corrected chi connectivity index (χ3v) is 5.62. The molecule has 0 aliphatic heterocycles. The third-order valence-electron chi connectivity index (χ3n) is 5.62. The van der Waals surface area contributed by atoms with Crippen LogP contribution in [0.5, 0.6) is 0 Å². The van der Waals surface area contributed by atoms with Crippen molar-refractivity contribution in [2.24, 2.45) is 0 Å². The number of hydrogen-bond acceptors (Lipinski definition) is 0. The van der Waals surface area contributed by atoms with Crippen molar-refractivity contribution in [1.29, 1.82) is 0 Å². The van der Waals surface area contributed by atoms with Crippen LogP contribution in [0, 0.1) is 69.2 Å². The first-order chi connectivity index (χ1) is 10.5. The summed E-state index contributed by atoms with van der Waals surface area (Å²) in [6.07, 6.45) is 0. The van der Waals surface area contributed by atoms with E-state index in [2.05, 4.69) is 69.2 Å². The van der Waals surface area contributed by atoms with Gasteiger partial charge < -0.3 is 0 Å². The van der Waals surface area contributed by atoms with Crippen LogP contribution in [0.4, 0.5) is 0 Å². The Kier molecular flexibility index (Phi) is 10.1. The van der Waals surface area contributed by atoms with E-state index in [0.29, 0.717) is 0 Å². The molecule has 2 aromatic rings. The summed E-state index contributed by atoms with van der Waals surface area (Å²) in [6, 6.07) is 0. The molecule has 132 valence electrons. The summed E-state index contributed by atoms with van der Waals surface area (Å²) in [5, 5.41) is 0. The molecule has 2 rings (SSSR count). The predicted molar refractivity (Wildman–Crippen MR) is 103 cm³/mol. The van der Waals surface area contributed by atoms with E-state index in [9.17, 15) is 0 Å². The van der Waals surface area contributed by atoms with E-state index in [-0.39, 0.29) is 0 Å². The molecule has 0 amide bonds. The van der Waals surface area contributed by atoms with Gasteiger partial charge in [0.2, 0.25) is 0 Å². The van der Waals surface area contributed by atoms with Crippen molar-refractivity contribution < 1.29 is 16.5 Å². The summed E-state index contributed by atoms with van der Waals surface area (Å²) < 4.78 is 0. The van der Waals surface area contributed by atoms with Gasteiger partial charge in [-0.3, -0.25) is 0 Å². The molecular formula is C20H30Cl2Mo-2. The second kappa shape index (κ2) is 10.1. The maximum absolute atomic E-state index is 4.89. The Labute approximate surface area is 159 Å². The molecule has 3 heteroatoms. The van der Waals surface area contributed by atoms with Gasteiger partial charge in [0.05, 0.1) is 0 Å². The maximum atomic E-state index is 4.89. The van der Waals surface area contributed by atoms with E-state index < -0.39 is 16.5 Å². The molecule has 0 atom stereocenters. The summed E-state index contributed by atoms with van der Waals surface area (Å²) >= 11 is -0.586. The molecular weight excluding hydrogens is 407 g/mol. The van der Waals surface area contributed by atoms with Gasteiger partial charge in [0.15, 0.2) is 0 Å². The zero-order valence-corrected chi connectivity index (χ0v) is 19.7. The third kappa shape index (κ3) is 5.48. The molecule has 0 saturated heterocycles. The predicted octanol–water partition coefficient (Wildman–Crippen LogP) is 7.27. The topological polar surface area (TPSA) is 0 Å². The molecule has 0 aliphatic rings. The van der Waals surface area contributed by atoms with Crippen molar-refractivity contribution in [1.82, 2.24) is 0 Å². The minimum absolute atomic E-state index is 0.586. The summed E-state index contributed by atoms with van der Waals surface area (Å²) in [4.78, 5) is 0. The fourth-order valence-corrected chi connectivity index (χ4v) is 2.81. The average molecular weight is 437 g/mol. The van der Waals surface area contributed by atoms with Crippen LogP contribution in [-0.2, 0) is 16.5 Å². The number of rotatable bonds is 0. The summed E-state index contributed by atoms with van der Waals surface area (Å²) in [5.41, 5.74) is 14.7. The van der Waals surface area contributed by atoms with Gasteiger partial charge in [0.1, 0.15) is 0 Å². The molecule has 0 spiro atoms. The van der Waals surface area contributed by atoms with E-state index in [4.69, 9.17) is 18.8 Å². The van der Waals surface area contributed by atoms with Crippen LogP contribution in [0.25, 0.3) is 0 Å². The molecule has 0 radical (unpaired) electrons. The minimum atomic E-state index is -0.586. The Morgan fingerprint density at radius 3 is 0.696 bits per heavy atom. The van der Waals surface area contributed by atoms with Crippen molar-refractivity contribution in [3.63, 3.8) is 0 Å². The van der Waals surface area contributed by atoms with Crippen molar-refractivity contribution in [3.8, 4) is 0 Å². The van der Waals surface area contributed by atoms with Crippen LogP contribution in [0.2, 0.25) is 0 Å². The molecule has 0 unspecified atom stereocenters. The first-order valence-corrected chi connectivity index (χ1v) is 13.0. The first kappa shape index (κ1) is 23.0. The fourth-order valence-electron chi connectivity index (χ4n) is 2.81. The standard InChI is InChI=1S/2C10H15.2ClH.Mo/c2*1-6-7(2)9(4)10(5)8(6)3;;;/h2*1-5H3;2*1H;/q2*-1;;;+2/p-2. The Bertz CT molecular complexity index is 429. The van der Waals surface area contributed by atoms with Crippen LogP contribution in [0.1, 0.15) is 55.6 Å². The van der Waals surface area contributed by atoms with Gasteiger partial charge in [-0.25, -0.2) is 0 Å². The van der Waals surface area contributed by atoms with Gasteiger partial charge in [0, 0.05) is 0 Å². The van der Waals surface area contributed by atoms with E-state index >= 15 is 0 Å². The Morgan fingerprint density at radius 1 is 0.522 bits per heavy atom. The summed E-state index contributed by atoms with van der Waals surface area (Å²) in [5.74, 6) is 0. The molecule has 0 heterocycles. The Balaban J connectivity index is 0.000000360. The first-order valence-electron chi connectivity index (χ1n) is 7.81. The van der Waals surface area contributed by atoms with Gasteiger partial charge in [-0.05, 0) is 0 Å². The summed E-state index contributed by atoms with van der Waals surface area (Å²) in [7, 11) is 9.79. The van der Waals surface area contributed by atoms with Gasteiger partial charge in [-0.15, -0.1) is 0 Å². The van der Waals surface area contributed by atoms with E-state index in [0.717, 1.165) is 0 Å². The van der Waals surface area contributed by atoms with Crippen molar-refractivity contribution >= 4 is 18.8 Å². The average Bonchev–Trinajstić information content (AvgIpc) is 2.80. The normalized spacial score (nSPS) is 9.91. The van der Waals surface area contributed by atoms with Crippen molar-refractivity contribution in [3.05, 3.63) is 55.6 Å². The molecule has 0 bridgehead atoms. The van der Waals surface area contributed by atoms with Gasteiger partial charge in [-0.2, -0.15) is 55.6 Å². The SMILES string of the molecule is Cc1c(C)c(C)[c-](C)c1C.Cc1c(C)c(C)[c-](C)c1C.[Cl][Mo][Cl]. The molecule has 23 heavy (non-hydrogen) atoms. The Hall–Kier alpha value is -0.0317. The quantitative estimate of drug-likeness (QED) is 0.300. The van der Waals surface area contributed by atoms with Gasteiger partial charge in [-0.1, -0.05) is 69.2 Å². The fraction of sp³-hybridized carbons (Fsp3) is 0.500. The Morgan fingerprint density at radius 2 is 0.652 bits per heavy atom. The molecule has 0 aliphatic carbocycles. The van der Waals surface area contributed by atoms with Crippen LogP contribution in [0.3, 0.4) is 0 Å². The molecule has 0 saturated carbocycles. The van der Waals surface area contributed by atoms with E-state index in [1.54, 1.807) is 0 Å². The van der Waals surface area contributed by atoms with Crippen LogP contribution in [-0.4, -0.2) is 0 Å². The number of halogens is 2. The molecule has 0 fully saturated rings. The monoisotopic (exact) mass is 438 g/mol. The zero-order chi connectivity index (χ0) is 18.5. The number of hydrogen-bond donors (Lipinski definition) is 0. The van der Waals surface area contributed by atoms with Crippen molar-refractivity contribution in [2.45, 2.75) is 69.2 Å². The van der Waals surface area contributed by atoms with Crippen LogP contribution in [0.15, 0.2) is 0 Å². The molecule has 0 N–H and O–H groups in total. The second-order valence-electron chi connectivity index (χ2n) is 6.31. The molecule has 2 aromatic carbocycles. The van der Waals surface area contributed by atoms with E-state index in [1.807, 2.05) is 0 Å². The zero-order valence-electron chi connectivity index (χ0n) is 16.2. The second-order valence-corrected chi connectivity index (χ2v) is 9.36. The molecule has 0 aromatic heterocycles. The van der Waals surface area contributed by atoms with Crippen LogP contribution >= 0.6 is 18.8 Å². The van der Waals surface area contributed by atoms with Crippen molar-refractivity contribution in [2.75, 3.05) is 0 Å². The molecule has 0 nitrogen and oxygen atoms in total. The van der Waals surface area contributed by atoms with E-state index in [1.165, 1.54) is 55.6 Å².